The molecule has 0 aliphatic carbocycles. The summed E-state index contributed by atoms with van der Waals surface area (Å²) >= 11 is 0. The van der Waals surface area contributed by atoms with Crippen molar-refractivity contribution in [2.24, 2.45) is 4.99 Å². The van der Waals surface area contributed by atoms with Gasteiger partial charge in [-0.05, 0) is 24.3 Å². The van der Waals surface area contributed by atoms with Crippen molar-refractivity contribution >= 4 is 23.3 Å². The molecule has 0 spiro atoms. The first-order valence-corrected chi connectivity index (χ1v) is 11.0. The molecule has 8 nitrogen and oxygen atoms in total. The first-order chi connectivity index (χ1) is 17.5. The molecule has 36 heavy (non-hydrogen) atoms. The molecule has 180 valence electrons. The van der Waals surface area contributed by atoms with Gasteiger partial charge in [0.2, 0.25) is 5.95 Å². The third kappa shape index (κ3) is 4.11. The second-order valence-corrected chi connectivity index (χ2v) is 7.94. The number of carboxylic acids is 1. The Morgan fingerprint density at radius 2 is 1.78 bits per heavy atom. The van der Waals surface area contributed by atoms with Crippen LogP contribution < -0.4 is 14.8 Å². The molecule has 0 radical (unpaired) electrons. The van der Waals surface area contributed by atoms with Gasteiger partial charge in [0.25, 0.3) is 0 Å². The number of aliphatic imine (C=N–C) groups is 1. The standard InChI is InChI=1S/C27H21FN4O4/c1-35-21-9-5-8-20(28)23(21)25-18-7-4-3-6-17(18)24-15(13-29-25)14-30-27(32-24)31-16-10-11-19(26(33)34)22(12-16)36-2/h3-12,14H,13H2,1-2H3,(H,33,34)(H,30,31,32). The van der Waals surface area contributed by atoms with Gasteiger partial charge in [-0.2, -0.15) is 0 Å². The highest BCUT2D eigenvalue weighted by atomic mass is 19.1. The number of benzene rings is 3. The molecule has 2 heterocycles. The van der Waals surface area contributed by atoms with Crippen LogP contribution >= 0.6 is 0 Å². The summed E-state index contributed by atoms with van der Waals surface area (Å²) in [6.45, 7) is 0.248. The van der Waals surface area contributed by atoms with Crippen LogP contribution in [0.2, 0.25) is 0 Å². The number of nitrogens with zero attached hydrogens (tertiary/aromatic N) is 3. The number of rotatable bonds is 6. The number of fused-ring (bicyclic) bond motifs is 3. The van der Waals surface area contributed by atoms with Gasteiger partial charge in [0.1, 0.15) is 22.9 Å². The summed E-state index contributed by atoms with van der Waals surface area (Å²) in [5.41, 5.74) is 4.30. The Morgan fingerprint density at radius 1 is 1.00 bits per heavy atom. The SMILES string of the molecule is COc1cc(Nc2ncc3c(n2)-c2ccccc2C(c2c(F)cccc2OC)=NC3)ccc1C(=O)O. The highest BCUT2D eigenvalue weighted by molar-refractivity contribution is 6.18. The van der Waals surface area contributed by atoms with Crippen molar-refractivity contribution in [3.05, 3.63) is 94.9 Å². The molecule has 0 saturated heterocycles. The van der Waals surface area contributed by atoms with Crippen molar-refractivity contribution in [1.82, 2.24) is 9.97 Å². The van der Waals surface area contributed by atoms with E-state index < -0.39 is 11.8 Å². The topological polar surface area (TPSA) is 106 Å². The lowest BCUT2D eigenvalue weighted by Crippen LogP contribution is -2.09. The zero-order chi connectivity index (χ0) is 25.2. The number of aromatic carboxylic acids is 1. The van der Waals surface area contributed by atoms with Gasteiger partial charge in [-0.1, -0.05) is 30.3 Å². The zero-order valence-corrected chi connectivity index (χ0v) is 19.4. The molecule has 4 aromatic rings. The highest BCUT2D eigenvalue weighted by Crippen LogP contribution is 2.35. The minimum absolute atomic E-state index is 0.0491. The summed E-state index contributed by atoms with van der Waals surface area (Å²) in [7, 11) is 2.90. The number of aromatic nitrogens is 2. The minimum Gasteiger partial charge on any atom is -0.496 e. The van der Waals surface area contributed by atoms with E-state index in [1.807, 2.05) is 24.3 Å². The summed E-state index contributed by atoms with van der Waals surface area (Å²) in [6, 6.07) is 16.8. The van der Waals surface area contributed by atoms with Crippen LogP contribution in [0.5, 0.6) is 11.5 Å². The summed E-state index contributed by atoms with van der Waals surface area (Å²) in [5, 5.41) is 12.4. The van der Waals surface area contributed by atoms with Crippen molar-refractivity contribution in [3.8, 4) is 22.8 Å². The first-order valence-electron chi connectivity index (χ1n) is 11.0. The van der Waals surface area contributed by atoms with Gasteiger partial charge in [0.15, 0.2) is 0 Å². The Kier molecular flexibility index (Phi) is 6.03. The normalized spacial score (nSPS) is 12.0. The molecule has 0 unspecified atom stereocenters. The number of carboxylic acid groups (broad SMARTS) is 1. The average Bonchev–Trinajstić information content (AvgIpc) is 3.05. The number of hydrogen-bond acceptors (Lipinski definition) is 7. The number of ether oxygens (including phenoxy) is 2. The summed E-state index contributed by atoms with van der Waals surface area (Å²) < 4.78 is 25.6. The van der Waals surface area contributed by atoms with Crippen LogP contribution in [0, 0.1) is 5.82 Å². The van der Waals surface area contributed by atoms with Crippen LogP contribution in [-0.2, 0) is 6.54 Å². The number of nitrogens with one attached hydrogen (secondary N) is 1. The number of methoxy groups -OCH3 is 2. The molecule has 1 aliphatic rings. The lowest BCUT2D eigenvalue weighted by Gasteiger charge is -2.14. The number of halogens is 1. The minimum atomic E-state index is -1.08. The second-order valence-electron chi connectivity index (χ2n) is 7.94. The van der Waals surface area contributed by atoms with E-state index in [2.05, 4.69) is 10.3 Å². The number of anilines is 2. The van der Waals surface area contributed by atoms with Gasteiger partial charge in [-0.15, -0.1) is 0 Å². The summed E-state index contributed by atoms with van der Waals surface area (Å²) in [5.74, 6) is -0.605. The average molecular weight is 484 g/mol. The number of carbonyl (C=O) groups is 1. The Bertz CT molecular complexity index is 1520. The van der Waals surface area contributed by atoms with E-state index in [9.17, 15) is 14.3 Å². The number of hydrogen-bond donors (Lipinski definition) is 2. The van der Waals surface area contributed by atoms with Gasteiger partial charge in [0.05, 0.1) is 37.7 Å². The first kappa shape index (κ1) is 23.0. The van der Waals surface area contributed by atoms with Crippen molar-refractivity contribution in [2.75, 3.05) is 19.5 Å². The molecule has 0 atom stereocenters. The van der Waals surface area contributed by atoms with Gasteiger partial charge in [-0.3, -0.25) is 4.99 Å². The molecule has 0 saturated carbocycles. The second kappa shape index (κ2) is 9.46. The lowest BCUT2D eigenvalue weighted by molar-refractivity contribution is 0.0693. The Hall–Kier alpha value is -4.79. The van der Waals surface area contributed by atoms with Gasteiger partial charge in [-0.25, -0.2) is 19.2 Å². The van der Waals surface area contributed by atoms with Crippen molar-refractivity contribution in [2.45, 2.75) is 6.54 Å². The third-order valence-electron chi connectivity index (χ3n) is 5.83. The van der Waals surface area contributed by atoms with Crippen molar-refractivity contribution in [3.63, 3.8) is 0 Å². The van der Waals surface area contributed by atoms with Gasteiger partial charge >= 0.3 is 5.97 Å². The molecule has 3 aromatic carbocycles. The Labute approximate surface area is 206 Å². The molecular formula is C27H21FN4O4. The Balaban J connectivity index is 1.57. The van der Waals surface area contributed by atoms with E-state index in [1.165, 1.54) is 26.4 Å². The third-order valence-corrected chi connectivity index (χ3v) is 5.83. The van der Waals surface area contributed by atoms with Crippen LogP contribution in [0.1, 0.15) is 27.0 Å². The molecule has 1 aliphatic heterocycles. The lowest BCUT2D eigenvalue weighted by atomic mass is 9.94. The van der Waals surface area contributed by atoms with Gasteiger partial charge < -0.3 is 19.9 Å². The largest absolute Gasteiger partial charge is 0.496 e. The molecule has 9 heteroatoms. The molecule has 0 amide bonds. The summed E-state index contributed by atoms with van der Waals surface area (Å²) in [4.78, 5) is 25.3. The van der Waals surface area contributed by atoms with Crippen LogP contribution in [-0.4, -0.2) is 41.0 Å². The van der Waals surface area contributed by atoms with E-state index >= 15 is 0 Å². The van der Waals surface area contributed by atoms with Crippen LogP contribution in [0.25, 0.3) is 11.3 Å². The molecule has 2 N–H and O–H groups in total. The maximum atomic E-state index is 15.0. The maximum Gasteiger partial charge on any atom is 0.339 e. The zero-order valence-electron chi connectivity index (χ0n) is 19.4. The fourth-order valence-electron chi connectivity index (χ4n) is 4.15. The fourth-order valence-corrected chi connectivity index (χ4v) is 4.15. The maximum absolute atomic E-state index is 15.0. The monoisotopic (exact) mass is 484 g/mol. The highest BCUT2D eigenvalue weighted by Gasteiger charge is 2.25. The van der Waals surface area contributed by atoms with E-state index in [4.69, 9.17) is 19.5 Å². The molecular weight excluding hydrogens is 463 g/mol. The fraction of sp³-hybridized carbons (Fsp3) is 0.111. The summed E-state index contributed by atoms with van der Waals surface area (Å²) in [6.07, 6.45) is 1.68. The quantitative estimate of drug-likeness (QED) is 0.393. The van der Waals surface area contributed by atoms with E-state index in [0.29, 0.717) is 28.8 Å². The van der Waals surface area contributed by atoms with Crippen molar-refractivity contribution in [1.29, 1.82) is 0 Å². The predicted octanol–water partition coefficient (Wildman–Crippen LogP) is 5.09. The molecule has 0 bridgehead atoms. The van der Waals surface area contributed by atoms with Crippen LogP contribution in [0.4, 0.5) is 16.0 Å². The van der Waals surface area contributed by atoms with Crippen molar-refractivity contribution < 1.29 is 23.8 Å². The van der Waals surface area contributed by atoms with Gasteiger partial charge in [0, 0.05) is 34.6 Å². The van der Waals surface area contributed by atoms with Crippen LogP contribution in [0.3, 0.4) is 0 Å². The smallest absolute Gasteiger partial charge is 0.339 e. The van der Waals surface area contributed by atoms with E-state index in [1.54, 1.807) is 30.5 Å². The van der Waals surface area contributed by atoms with Crippen LogP contribution in [0.15, 0.2) is 71.9 Å². The molecule has 0 fully saturated rings. The van der Waals surface area contributed by atoms with E-state index in [-0.39, 0.29) is 23.4 Å². The van der Waals surface area contributed by atoms with E-state index in [0.717, 1.165) is 16.7 Å². The molecule has 1 aromatic heterocycles. The molecule has 5 rings (SSSR count). The predicted molar refractivity (Wildman–Crippen MR) is 133 cm³/mol. The Morgan fingerprint density at radius 3 is 2.53 bits per heavy atom.